The van der Waals surface area contributed by atoms with Crippen LogP contribution >= 0.6 is 0 Å². The van der Waals surface area contributed by atoms with E-state index in [0.29, 0.717) is 6.04 Å². The molecule has 2 aromatic heterocycles. The number of benzene rings is 2. The van der Waals surface area contributed by atoms with Gasteiger partial charge in [-0.25, -0.2) is 0 Å². The molecule has 2 aliphatic heterocycles. The minimum absolute atomic E-state index is 0.197. The van der Waals surface area contributed by atoms with Crippen molar-refractivity contribution in [2.24, 2.45) is 0 Å². The van der Waals surface area contributed by atoms with Crippen molar-refractivity contribution >= 4 is 27.7 Å². The Hall–Kier alpha value is -3.14. The molecule has 138 valence electrons. The number of carbonyl (C=O) groups excluding carboxylic acids is 1. The van der Waals surface area contributed by atoms with Crippen LogP contribution in [-0.4, -0.2) is 26.8 Å². The molecule has 2 unspecified atom stereocenters. The van der Waals surface area contributed by atoms with Crippen LogP contribution in [0.15, 0.2) is 54.7 Å². The van der Waals surface area contributed by atoms with E-state index in [1.54, 1.807) is 6.92 Å². The van der Waals surface area contributed by atoms with Crippen molar-refractivity contribution < 1.29 is 4.79 Å². The fourth-order valence-electron chi connectivity index (χ4n) is 5.37. The van der Waals surface area contributed by atoms with Crippen LogP contribution < -0.4 is 0 Å². The van der Waals surface area contributed by atoms with Crippen LogP contribution in [0.25, 0.3) is 32.9 Å². The maximum Gasteiger partial charge on any atom is 0.220 e. The summed E-state index contributed by atoms with van der Waals surface area (Å²) >= 11 is 0. The average molecular weight is 367 g/mol. The van der Waals surface area contributed by atoms with Crippen LogP contribution in [0.1, 0.15) is 37.1 Å². The van der Waals surface area contributed by atoms with E-state index in [4.69, 9.17) is 0 Å². The maximum atomic E-state index is 12.2. The molecule has 4 heteroatoms. The minimum atomic E-state index is 0.197. The number of amides is 1. The SMILES string of the molecule is CC(=O)N1C2CCC1c1c([nH]c3c(-c4cnc5ccccc5c4)cccc13)C2. The molecule has 2 aromatic carbocycles. The summed E-state index contributed by atoms with van der Waals surface area (Å²) in [4.78, 5) is 22.7. The number of para-hydroxylation sites is 2. The van der Waals surface area contributed by atoms with Crippen LogP contribution in [0, 0.1) is 0 Å². The summed E-state index contributed by atoms with van der Waals surface area (Å²) in [5.74, 6) is 0.197. The largest absolute Gasteiger partial charge is 0.358 e. The molecular weight excluding hydrogens is 346 g/mol. The first-order chi connectivity index (χ1) is 13.7. The summed E-state index contributed by atoms with van der Waals surface area (Å²) in [7, 11) is 0. The van der Waals surface area contributed by atoms with Crippen molar-refractivity contribution in [3.63, 3.8) is 0 Å². The van der Waals surface area contributed by atoms with Crippen LogP contribution in [0.3, 0.4) is 0 Å². The first kappa shape index (κ1) is 15.9. The molecule has 0 spiro atoms. The third-order valence-corrected chi connectivity index (χ3v) is 6.50. The van der Waals surface area contributed by atoms with Crippen molar-refractivity contribution in [2.75, 3.05) is 0 Å². The van der Waals surface area contributed by atoms with Gasteiger partial charge in [0.05, 0.1) is 17.1 Å². The molecule has 1 amide bonds. The smallest absolute Gasteiger partial charge is 0.220 e. The number of hydrogen-bond acceptors (Lipinski definition) is 2. The predicted molar refractivity (Wildman–Crippen MR) is 111 cm³/mol. The van der Waals surface area contributed by atoms with Gasteiger partial charge < -0.3 is 9.88 Å². The Balaban J connectivity index is 1.56. The van der Waals surface area contributed by atoms with Gasteiger partial charge in [0.1, 0.15) is 0 Å². The number of H-pyrrole nitrogens is 1. The molecule has 4 nitrogen and oxygen atoms in total. The zero-order chi connectivity index (χ0) is 18.8. The zero-order valence-corrected chi connectivity index (χ0v) is 15.8. The summed E-state index contributed by atoms with van der Waals surface area (Å²) in [6, 6.07) is 17.5. The Morgan fingerprint density at radius 1 is 1.14 bits per heavy atom. The number of nitrogens with zero attached hydrogens (tertiary/aromatic N) is 2. The van der Waals surface area contributed by atoms with Gasteiger partial charge in [-0.05, 0) is 25.0 Å². The lowest BCUT2D eigenvalue weighted by Crippen LogP contribution is -2.40. The number of pyridine rings is 1. The second-order valence-electron chi connectivity index (χ2n) is 8.04. The number of nitrogens with one attached hydrogen (secondary N) is 1. The Morgan fingerprint density at radius 3 is 2.93 bits per heavy atom. The van der Waals surface area contributed by atoms with E-state index in [2.05, 4.69) is 51.3 Å². The van der Waals surface area contributed by atoms with Crippen molar-refractivity contribution in [1.82, 2.24) is 14.9 Å². The highest BCUT2D eigenvalue weighted by molar-refractivity contribution is 5.99. The Kier molecular flexibility index (Phi) is 3.22. The van der Waals surface area contributed by atoms with Crippen molar-refractivity contribution in [1.29, 1.82) is 0 Å². The second kappa shape index (κ2) is 5.68. The van der Waals surface area contributed by atoms with Gasteiger partial charge in [0.15, 0.2) is 0 Å². The van der Waals surface area contributed by atoms with Crippen molar-refractivity contribution in [3.8, 4) is 11.1 Å². The van der Waals surface area contributed by atoms with E-state index in [0.717, 1.165) is 35.7 Å². The van der Waals surface area contributed by atoms with Crippen LogP contribution in [0.2, 0.25) is 0 Å². The molecule has 4 aromatic rings. The molecule has 0 saturated carbocycles. The third kappa shape index (κ3) is 2.12. The number of hydrogen-bond donors (Lipinski definition) is 1. The summed E-state index contributed by atoms with van der Waals surface area (Å²) < 4.78 is 0. The Labute approximate surface area is 163 Å². The standard InChI is InChI=1S/C24H21N3O/c1-14(28)27-17-9-10-22(27)23-19-7-4-6-18(24(19)26-21(23)12-17)16-11-15-5-2-3-8-20(15)25-13-16/h2-8,11,13,17,22,26H,9-10,12H2,1H3. The first-order valence-electron chi connectivity index (χ1n) is 9.98. The highest BCUT2D eigenvalue weighted by Gasteiger charge is 2.43. The maximum absolute atomic E-state index is 12.2. The molecule has 6 rings (SSSR count). The highest BCUT2D eigenvalue weighted by Crippen LogP contribution is 2.47. The van der Waals surface area contributed by atoms with E-state index in [9.17, 15) is 4.79 Å². The zero-order valence-electron chi connectivity index (χ0n) is 15.8. The Bertz CT molecular complexity index is 1260. The normalized spacial score (nSPS) is 20.7. The van der Waals surface area contributed by atoms with Gasteiger partial charge in [-0.1, -0.05) is 36.4 Å². The van der Waals surface area contributed by atoms with E-state index in [1.165, 1.54) is 27.7 Å². The number of rotatable bonds is 1. The molecule has 1 fully saturated rings. The quantitative estimate of drug-likeness (QED) is 0.515. The molecule has 0 radical (unpaired) electrons. The summed E-state index contributed by atoms with van der Waals surface area (Å²) in [6.07, 6.45) is 5.05. The van der Waals surface area contributed by atoms with E-state index >= 15 is 0 Å². The minimum Gasteiger partial charge on any atom is -0.358 e. The molecule has 28 heavy (non-hydrogen) atoms. The molecule has 1 saturated heterocycles. The van der Waals surface area contributed by atoms with Gasteiger partial charge in [-0.3, -0.25) is 9.78 Å². The summed E-state index contributed by atoms with van der Waals surface area (Å²) in [5.41, 5.74) is 7.11. The third-order valence-electron chi connectivity index (χ3n) is 6.50. The fraction of sp³-hybridized carbons (Fsp3) is 0.250. The van der Waals surface area contributed by atoms with Gasteiger partial charge in [-0.2, -0.15) is 0 Å². The monoisotopic (exact) mass is 367 g/mol. The van der Waals surface area contributed by atoms with Crippen LogP contribution in [-0.2, 0) is 11.2 Å². The summed E-state index contributed by atoms with van der Waals surface area (Å²) in [5, 5.41) is 2.40. The number of aromatic amines is 1. The summed E-state index contributed by atoms with van der Waals surface area (Å²) in [6.45, 7) is 1.71. The average Bonchev–Trinajstić information content (AvgIpc) is 3.24. The topological polar surface area (TPSA) is 49.0 Å². The Morgan fingerprint density at radius 2 is 2.04 bits per heavy atom. The number of aromatic nitrogens is 2. The predicted octanol–water partition coefficient (Wildman–Crippen LogP) is 4.99. The number of carbonyl (C=O) groups is 1. The van der Waals surface area contributed by atoms with Gasteiger partial charge in [0, 0.05) is 58.7 Å². The molecular formula is C24H21N3O. The molecule has 2 atom stereocenters. The lowest BCUT2D eigenvalue weighted by Gasteiger charge is -2.34. The number of fused-ring (bicyclic) bond motifs is 7. The molecule has 4 heterocycles. The first-order valence-corrected chi connectivity index (χ1v) is 9.98. The van der Waals surface area contributed by atoms with Gasteiger partial charge >= 0.3 is 0 Å². The molecule has 0 aliphatic carbocycles. The lowest BCUT2D eigenvalue weighted by molar-refractivity contribution is -0.132. The lowest BCUT2D eigenvalue weighted by atomic mass is 9.95. The van der Waals surface area contributed by atoms with E-state index < -0.39 is 0 Å². The fourth-order valence-corrected chi connectivity index (χ4v) is 5.37. The van der Waals surface area contributed by atoms with Crippen LogP contribution in [0.5, 0.6) is 0 Å². The molecule has 2 aliphatic rings. The van der Waals surface area contributed by atoms with Crippen LogP contribution in [0.4, 0.5) is 0 Å². The van der Waals surface area contributed by atoms with Crippen molar-refractivity contribution in [3.05, 3.63) is 66.0 Å². The van der Waals surface area contributed by atoms with Gasteiger partial charge in [0.2, 0.25) is 5.91 Å². The van der Waals surface area contributed by atoms with Gasteiger partial charge in [-0.15, -0.1) is 0 Å². The molecule has 2 bridgehead atoms. The van der Waals surface area contributed by atoms with E-state index in [1.807, 2.05) is 18.3 Å². The van der Waals surface area contributed by atoms with Gasteiger partial charge in [0.25, 0.3) is 0 Å². The highest BCUT2D eigenvalue weighted by atomic mass is 16.2. The van der Waals surface area contributed by atoms with Crippen molar-refractivity contribution in [2.45, 2.75) is 38.3 Å². The second-order valence-corrected chi connectivity index (χ2v) is 8.04. The van der Waals surface area contributed by atoms with E-state index in [-0.39, 0.29) is 11.9 Å². The molecule has 1 N–H and O–H groups in total.